The summed E-state index contributed by atoms with van der Waals surface area (Å²) in [5, 5.41) is 0. The van der Waals surface area contributed by atoms with E-state index < -0.39 is 15.9 Å². The fourth-order valence-corrected chi connectivity index (χ4v) is 2.95. The summed E-state index contributed by atoms with van der Waals surface area (Å²) in [6.07, 6.45) is 0.132. The fraction of sp³-hybridized carbons (Fsp3) is 0.462. The van der Waals surface area contributed by atoms with Crippen molar-refractivity contribution in [1.82, 2.24) is 4.72 Å². The van der Waals surface area contributed by atoms with Gasteiger partial charge in [0.05, 0.1) is 18.1 Å². The van der Waals surface area contributed by atoms with Crippen LogP contribution in [0.5, 0.6) is 0 Å². The lowest BCUT2D eigenvalue weighted by molar-refractivity contribution is -0.119. The number of ether oxygens (including phenoxy) is 1. The highest BCUT2D eigenvalue weighted by Gasteiger charge is 2.35. The number of nitrogens with one attached hydrogen (secondary N) is 1. The Kier molecular flexibility index (Phi) is 3.64. The van der Waals surface area contributed by atoms with Gasteiger partial charge in [-0.2, -0.15) is 0 Å². The van der Waals surface area contributed by atoms with E-state index in [0.717, 1.165) is 5.56 Å². The standard InChI is InChI=1S/C13H17NO4S/c1-3-12(15)14-19(16,17)11-6-4-10(5-7-11)13(2)8-18-9-13/h4-7H,3,8-9H2,1-2H3,(H,14,15). The third-order valence-corrected chi connectivity index (χ3v) is 4.66. The number of hydrogen-bond acceptors (Lipinski definition) is 4. The molecule has 1 N–H and O–H groups in total. The van der Waals surface area contributed by atoms with Crippen molar-refractivity contribution in [2.75, 3.05) is 13.2 Å². The third-order valence-electron chi connectivity index (χ3n) is 3.27. The molecule has 0 bridgehead atoms. The summed E-state index contributed by atoms with van der Waals surface area (Å²) in [5.74, 6) is -0.511. The zero-order valence-corrected chi connectivity index (χ0v) is 11.8. The van der Waals surface area contributed by atoms with Crippen LogP contribution in [0.15, 0.2) is 29.2 Å². The summed E-state index contributed by atoms with van der Waals surface area (Å²) in [7, 11) is -3.75. The third kappa shape index (κ3) is 2.79. The number of hydrogen-bond donors (Lipinski definition) is 1. The minimum Gasteiger partial charge on any atom is -0.379 e. The van der Waals surface area contributed by atoms with Crippen molar-refractivity contribution < 1.29 is 17.9 Å². The Morgan fingerprint density at radius 2 is 1.89 bits per heavy atom. The second-order valence-electron chi connectivity index (χ2n) is 4.96. The van der Waals surface area contributed by atoms with Gasteiger partial charge in [0, 0.05) is 11.8 Å². The molecule has 1 heterocycles. The minimum absolute atomic E-state index is 0.0328. The lowest BCUT2D eigenvalue weighted by atomic mass is 9.81. The van der Waals surface area contributed by atoms with Gasteiger partial charge in [-0.15, -0.1) is 0 Å². The Balaban J connectivity index is 2.20. The van der Waals surface area contributed by atoms with E-state index in [-0.39, 0.29) is 16.7 Å². The SMILES string of the molecule is CCC(=O)NS(=O)(=O)c1ccc(C2(C)COC2)cc1. The average Bonchev–Trinajstić information content (AvgIpc) is 2.35. The van der Waals surface area contributed by atoms with Crippen molar-refractivity contribution >= 4 is 15.9 Å². The van der Waals surface area contributed by atoms with E-state index in [1.807, 2.05) is 4.72 Å². The van der Waals surface area contributed by atoms with Crippen molar-refractivity contribution in [3.8, 4) is 0 Å². The van der Waals surface area contributed by atoms with E-state index in [9.17, 15) is 13.2 Å². The van der Waals surface area contributed by atoms with Crippen molar-refractivity contribution in [3.05, 3.63) is 29.8 Å². The number of carbonyl (C=O) groups excluding carboxylic acids is 1. The van der Waals surface area contributed by atoms with Gasteiger partial charge in [-0.05, 0) is 17.7 Å². The predicted molar refractivity (Wildman–Crippen MR) is 70.2 cm³/mol. The molecule has 0 aromatic heterocycles. The van der Waals surface area contributed by atoms with E-state index in [0.29, 0.717) is 13.2 Å². The van der Waals surface area contributed by atoms with Gasteiger partial charge in [-0.25, -0.2) is 13.1 Å². The maximum Gasteiger partial charge on any atom is 0.264 e. The minimum atomic E-state index is -3.75. The summed E-state index contributed by atoms with van der Waals surface area (Å²) >= 11 is 0. The first kappa shape index (κ1) is 14.0. The van der Waals surface area contributed by atoms with Crippen LogP contribution < -0.4 is 4.72 Å². The van der Waals surface area contributed by atoms with E-state index >= 15 is 0 Å². The Bertz CT molecular complexity index is 573. The van der Waals surface area contributed by atoms with Gasteiger partial charge in [-0.1, -0.05) is 26.0 Å². The predicted octanol–water partition coefficient (Wildman–Crippen LogP) is 1.19. The average molecular weight is 283 g/mol. The van der Waals surface area contributed by atoms with E-state index in [2.05, 4.69) is 6.92 Å². The Morgan fingerprint density at radius 3 is 2.32 bits per heavy atom. The van der Waals surface area contributed by atoms with Crippen LogP contribution >= 0.6 is 0 Å². The molecule has 1 amide bonds. The van der Waals surface area contributed by atoms with E-state index in [1.54, 1.807) is 19.1 Å². The molecule has 19 heavy (non-hydrogen) atoms. The molecule has 1 saturated heterocycles. The highest BCUT2D eigenvalue weighted by Crippen LogP contribution is 2.31. The molecular formula is C13H17NO4S. The maximum absolute atomic E-state index is 11.9. The van der Waals surface area contributed by atoms with Gasteiger partial charge in [0.15, 0.2) is 0 Å². The Labute approximate surface area is 113 Å². The van der Waals surface area contributed by atoms with Gasteiger partial charge in [-0.3, -0.25) is 4.79 Å². The van der Waals surface area contributed by atoms with Crippen molar-refractivity contribution in [3.63, 3.8) is 0 Å². The summed E-state index contributed by atoms with van der Waals surface area (Å²) in [6.45, 7) is 4.96. The summed E-state index contributed by atoms with van der Waals surface area (Å²) in [5.41, 5.74) is 1.01. The molecule has 104 valence electrons. The van der Waals surface area contributed by atoms with Crippen LogP contribution in [-0.2, 0) is 25.0 Å². The highest BCUT2D eigenvalue weighted by atomic mass is 32.2. The second-order valence-corrected chi connectivity index (χ2v) is 6.64. The molecule has 6 heteroatoms. The van der Waals surface area contributed by atoms with Crippen LogP contribution in [0.3, 0.4) is 0 Å². The highest BCUT2D eigenvalue weighted by molar-refractivity contribution is 7.90. The van der Waals surface area contributed by atoms with Crippen LogP contribution in [-0.4, -0.2) is 27.5 Å². The molecule has 1 aromatic carbocycles. The van der Waals surface area contributed by atoms with Crippen molar-refractivity contribution in [2.45, 2.75) is 30.6 Å². The number of carbonyl (C=O) groups is 1. The fourth-order valence-electron chi connectivity index (χ4n) is 1.89. The molecule has 1 aliphatic heterocycles. The van der Waals surface area contributed by atoms with E-state index in [4.69, 9.17) is 4.74 Å². The van der Waals surface area contributed by atoms with Crippen molar-refractivity contribution in [1.29, 1.82) is 0 Å². The van der Waals surface area contributed by atoms with Gasteiger partial charge in [0.1, 0.15) is 0 Å². The molecular weight excluding hydrogens is 266 g/mol. The quantitative estimate of drug-likeness (QED) is 0.901. The molecule has 0 spiro atoms. The van der Waals surface area contributed by atoms with Gasteiger partial charge >= 0.3 is 0 Å². The first-order valence-corrected chi connectivity index (χ1v) is 7.60. The second kappa shape index (κ2) is 4.94. The number of sulfonamides is 1. The van der Waals surface area contributed by atoms with Gasteiger partial charge < -0.3 is 4.74 Å². The molecule has 0 aliphatic carbocycles. The molecule has 2 rings (SSSR count). The molecule has 5 nitrogen and oxygen atoms in total. The molecule has 0 atom stereocenters. The largest absolute Gasteiger partial charge is 0.379 e. The first-order valence-electron chi connectivity index (χ1n) is 6.11. The number of amides is 1. The summed E-state index contributed by atoms with van der Waals surface area (Å²) in [6, 6.07) is 6.58. The van der Waals surface area contributed by atoms with Gasteiger partial charge in [0.25, 0.3) is 10.0 Å². The Hall–Kier alpha value is -1.40. The van der Waals surface area contributed by atoms with Gasteiger partial charge in [0.2, 0.25) is 5.91 Å². The number of rotatable bonds is 4. The molecule has 1 aromatic rings. The molecule has 1 fully saturated rings. The topological polar surface area (TPSA) is 72.5 Å². The summed E-state index contributed by atoms with van der Waals surface area (Å²) < 4.78 is 31.0. The van der Waals surface area contributed by atoms with Crippen LogP contribution in [0.25, 0.3) is 0 Å². The van der Waals surface area contributed by atoms with Crippen LogP contribution in [0.1, 0.15) is 25.8 Å². The summed E-state index contributed by atoms with van der Waals surface area (Å²) in [4.78, 5) is 11.3. The smallest absolute Gasteiger partial charge is 0.264 e. The molecule has 0 radical (unpaired) electrons. The molecule has 0 saturated carbocycles. The lowest BCUT2D eigenvalue weighted by Gasteiger charge is -2.38. The lowest BCUT2D eigenvalue weighted by Crippen LogP contribution is -2.43. The molecule has 0 unspecified atom stereocenters. The monoisotopic (exact) mass is 283 g/mol. The van der Waals surface area contributed by atoms with Crippen LogP contribution in [0.2, 0.25) is 0 Å². The zero-order chi connectivity index (χ0) is 14.1. The van der Waals surface area contributed by atoms with Crippen molar-refractivity contribution in [2.24, 2.45) is 0 Å². The van der Waals surface area contributed by atoms with Crippen LogP contribution in [0.4, 0.5) is 0 Å². The Morgan fingerprint density at radius 1 is 1.32 bits per heavy atom. The number of benzene rings is 1. The normalized spacial score (nSPS) is 17.6. The van der Waals surface area contributed by atoms with E-state index in [1.165, 1.54) is 12.1 Å². The maximum atomic E-state index is 11.9. The zero-order valence-electron chi connectivity index (χ0n) is 11.0. The molecule has 1 aliphatic rings. The first-order chi connectivity index (χ1) is 8.87. The van der Waals surface area contributed by atoms with Crippen LogP contribution in [0, 0.1) is 0 Å².